The van der Waals surface area contributed by atoms with Crippen LogP contribution in [0.15, 0.2) is 0 Å². The lowest BCUT2D eigenvalue weighted by Crippen LogP contribution is -2.40. The SMILES string of the molecule is COCCN(CCC#N)CC(=O)NC1CC1. The van der Waals surface area contributed by atoms with Crippen molar-refractivity contribution in [2.24, 2.45) is 0 Å². The lowest BCUT2D eigenvalue weighted by atomic mass is 10.3. The molecule has 5 nitrogen and oxygen atoms in total. The molecule has 0 unspecified atom stereocenters. The van der Waals surface area contributed by atoms with Gasteiger partial charge in [-0.3, -0.25) is 9.69 Å². The molecule has 1 fully saturated rings. The number of hydrogen-bond acceptors (Lipinski definition) is 4. The van der Waals surface area contributed by atoms with Crippen LogP contribution in [0.1, 0.15) is 19.3 Å². The number of nitriles is 1. The summed E-state index contributed by atoms with van der Waals surface area (Å²) in [5.41, 5.74) is 0. The van der Waals surface area contributed by atoms with E-state index in [2.05, 4.69) is 11.4 Å². The third-order valence-corrected chi connectivity index (χ3v) is 2.46. The fourth-order valence-corrected chi connectivity index (χ4v) is 1.40. The first-order valence-corrected chi connectivity index (χ1v) is 5.64. The standard InChI is InChI=1S/C11H19N3O2/c1-16-8-7-14(6-2-5-12)9-11(15)13-10-3-4-10/h10H,2-4,6-9H2,1H3,(H,13,15). The van der Waals surface area contributed by atoms with Crippen LogP contribution in [0.25, 0.3) is 0 Å². The summed E-state index contributed by atoms with van der Waals surface area (Å²) in [7, 11) is 1.63. The van der Waals surface area contributed by atoms with E-state index in [-0.39, 0.29) is 5.91 Å². The summed E-state index contributed by atoms with van der Waals surface area (Å²) in [4.78, 5) is 13.5. The summed E-state index contributed by atoms with van der Waals surface area (Å²) in [6.45, 7) is 2.26. The quantitative estimate of drug-likeness (QED) is 0.637. The number of hydrogen-bond donors (Lipinski definition) is 1. The van der Waals surface area contributed by atoms with Crippen LogP contribution in [-0.2, 0) is 9.53 Å². The van der Waals surface area contributed by atoms with Crippen molar-refractivity contribution in [3.8, 4) is 6.07 Å². The van der Waals surface area contributed by atoms with E-state index in [0.29, 0.717) is 38.7 Å². The molecule has 90 valence electrons. The number of rotatable bonds is 8. The molecule has 0 aromatic rings. The van der Waals surface area contributed by atoms with Gasteiger partial charge in [0.25, 0.3) is 0 Å². The zero-order chi connectivity index (χ0) is 11.8. The van der Waals surface area contributed by atoms with E-state index in [1.165, 1.54) is 0 Å². The number of carbonyl (C=O) groups excluding carboxylic acids is 1. The number of methoxy groups -OCH3 is 1. The lowest BCUT2D eigenvalue weighted by Gasteiger charge is -2.19. The van der Waals surface area contributed by atoms with Crippen LogP contribution in [0.4, 0.5) is 0 Å². The Morgan fingerprint density at radius 1 is 1.56 bits per heavy atom. The Bertz CT molecular complexity index is 258. The van der Waals surface area contributed by atoms with E-state index in [4.69, 9.17) is 10.00 Å². The van der Waals surface area contributed by atoms with Gasteiger partial charge in [0.15, 0.2) is 0 Å². The van der Waals surface area contributed by atoms with Crippen LogP contribution >= 0.6 is 0 Å². The first-order valence-electron chi connectivity index (χ1n) is 5.64. The van der Waals surface area contributed by atoms with Crippen LogP contribution in [-0.4, -0.2) is 50.2 Å². The molecule has 1 N–H and O–H groups in total. The lowest BCUT2D eigenvalue weighted by molar-refractivity contribution is -0.122. The smallest absolute Gasteiger partial charge is 0.234 e. The molecule has 0 aliphatic heterocycles. The van der Waals surface area contributed by atoms with Gasteiger partial charge in [-0.2, -0.15) is 5.26 Å². The van der Waals surface area contributed by atoms with Crippen molar-refractivity contribution in [2.45, 2.75) is 25.3 Å². The average Bonchev–Trinajstić information content (AvgIpc) is 3.05. The second-order valence-corrected chi connectivity index (χ2v) is 4.02. The number of carbonyl (C=O) groups is 1. The van der Waals surface area contributed by atoms with Crippen molar-refractivity contribution in [2.75, 3.05) is 33.4 Å². The maximum absolute atomic E-state index is 11.6. The molecule has 0 aromatic carbocycles. The molecular weight excluding hydrogens is 206 g/mol. The number of amides is 1. The highest BCUT2D eigenvalue weighted by Crippen LogP contribution is 2.18. The Morgan fingerprint density at radius 2 is 2.31 bits per heavy atom. The summed E-state index contributed by atoms with van der Waals surface area (Å²) < 4.78 is 4.97. The van der Waals surface area contributed by atoms with Crippen molar-refractivity contribution in [1.29, 1.82) is 5.26 Å². The largest absolute Gasteiger partial charge is 0.383 e. The monoisotopic (exact) mass is 225 g/mol. The van der Waals surface area contributed by atoms with E-state index in [1.807, 2.05) is 4.90 Å². The number of nitrogens with one attached hydrogen (secondary N) is 1. The van der Waals surface area contributed by atoms with Crippen LogP contribution < -0.4 is 5.32 Å². The second-order valence-electron chi connectivity index (χ2n) is 4.02. The molecule has 1 aliphatic rings. The van der Waals surface area contributed by atoms with Crippen molar-refractivity contribution >= 4 is 5.91 Å². The van der Waals surface area contributed by atoms with Gasteiger partial charge < -0.3 is 10.1 Å². The Morgan fingerprint density at radius 3 is 2.88 bits per heavy atom. The highest BCUT2D eigenvalue weighted by molar-refractivity contribution is 5.78. The van der Waals surface area contributed by atoms with Gasteiger partial charge in [0, 0.05) is 32.7 Å². The van der Waals surface area contributed by atoms with E-state index >= 15 is 0 Å². The average molecular weight is 225 g/mol. The molecule has 1 aliphatic carbocycles. The van der Waals surface area contributed by atoms with E-state index in [0.717, 1.165) is 12.8 Å². The highest BCUT2D eigenvalue weighted by atomic mass is 16.5. The predicted octanol–water partition coefficient (Wildman–Crippen LogP) is 0.127. The maximum Gasteiger partial charge on any atom is 0.234 e. The fraction of sp³-hybridized carbons (Fsp3) is 0.818. The Labute approximate surface area is 96.4 Å². The van der Waals surface area contributed by atoms with Crippen LogP contribution in [0.2, 0.25) is 0 Å². The van der Waals surface area contributed by atoms with E-state index in [9.17, 15) is 4.79 Å². The molecule has 0 bridgehead atoms. The Hall–Kier alpha value is -1.12. The minimum atomic E-state index is 0.0524. The van der Waals surface area contributed by atoms with Crippen LogP contribution in [0, 0.1) is 11.3 Å². The number of nitrogens with zero attached hydrogens (tertiary/aromatic N) is 2. The highest BCUT2D eigenvalue weighted by Gasteiger charge is 2.23. The van der Waals surface area contributed by atoms with Gasteiger partial charge in [0.05, 0.1) is 19.2 Å². The zero-order valence-corrected chi connectivity index (χ0v) is 9.74. The molecule has 0 heterocycles. The Kier molecular flexibility index (Phi) is 5.83. The van der Waals surface area contributed by atoms with Crippen molar-refractivity contribution in [3.63, 3.8) is 0 Å². The first-order chi connectivity index (χ1) is 7.76. The van der Waals surface area contributed by atoms with Crippen LogP contribution in [0.5, 0.6) is 0 Å². The molecule has 16 heavy (non-hydrogen) atoms. The Balaban J connectivity index is 2.23. The van der Waals surface area contributed by atoms with Crippen molar-refractivity contribution in [3.05, 3.63) is 0 Å². The maximum atomic E-state index is 11.6. The van der Waals surface area contributed by atoms with Crippen LogP contribution in [0.3, 0.4) is 0 Å². The minimum Gasteiger partial charge on any atom is -0.383 e. The first kappa shape index (κ1) is 12.9. The summed E-state index contributed by atoms with van der Waals surface area (Å²) in [6.07, 6.45) is 2.64. The fourth-order valence-electron chi connectivity index (χ4n) is 1.40. The molecule has 1 saturated carbocycles. The van der Waals surface area contributed by atoms with Gasteiger partial charge in [-0.1, -0.05) is 0 Å². The molecule has 5 heteroatoms. The summed E-state index contributed by atoms with van der Waals surface area (Å²) in [5.74, 6) is 0.0524. The van der Waals surface area contributed by atoms with Gasteiger partial charge in [-0.05, 0) is 12.8 Å². The van der Waals surface area contributed by atoms with Gasteiger partial charge in [-0.25, -0.2) is 0 Å². The topological polar surface area (TPSA) is 65.4 Å². The van der Waals surface area contributed by atoms with Crippen molar-refractivity contribution in [1.82, 2.24) is 10.2 Å². The zero-order valence-electron chi connectivity index (χ0n) is 9.74. The van der Waals surface area contributed by atoms with Gasteiger partial charge in [0.2, 0.25) is 5.91 Å². The van der Waals surface area contributed by atoms with Gasteiger partial charge >= 0.3 is 0 Å². The van der Waals surface area contributed by atoms with Gasteiger partial charge in [0.1, 0.15) is 0 Å². The summed E-state index contributed by atoms with van der Waals surface area (Å²) in [5, 5.41) is 11.5. The third kappa shape index (κ3) is 5.69. The molecule has 0 radical (unpaired) electrons. The molecule has 0 spiro atoms. The van der Waals surface area contributed by atoms with Crippen molar-refractivity contribution < 1.29 is 9.53 Å². The van der Waals surface area contributed by atoms with E-state index in [1.54, 1.807) is 7.11 Å². The molecule has 1 rings (SSSR count). The molecule has 1 amide bonds. The normalized spacial score (nSPS) is 14.8. The van der Waals surface area contributed by atoms with Gasteiger partial charge in [-0.15, -0.1) is 0 Å². The molecule has 0 aromatic heterocycles. The summed E-state index contributed by atoms with van der Waals surface area (Å²) in [6, 6.07) is 2.48. The predicted molar refractivity (Wildman–Crippen MR) is 59.7 cm³/mol. The number of ether oxygens (including phenoxy) is 1. The minimum absolute atomic E-state index is 0.0524. The van der Waals surface area contributed by atoms with E-state index < -0.39 is 0 Å². The molecule has 0 saturated heterocycles. The molecular formula is C11H19N3O2. The second kappa shape index (κ2) is 7.20. The molecule has 0 atom stereocenters. The third-order valence-electron chi connectivity index (χ3n) is 2.46. The summed E-state index contributed by atoms with van der Waals surface area (Å²) >= 11 is 0.